The second kappa shape index (κ2) is 9.74. The number of ether oxygens (including phenoxy) is 1. The van der Waals surface area contributed by atoms with Crippen LogP contribution in [0, 0.1) is 6.92 Å². The summed E-state index contributed by atoms with van der Waals surface area (Å²) in [6.45, 7) is 2.56. The normalized spacial score (nSPS) is 10.3. The second-order valence-corrected chi connectivity index (χ2v) is 5.90. The molecule has 2 aromatic rings. The highest BCUT2D eigenvalue weighted by Crippen LogP contribution is 2.21. The minimum Gasteiger partial charge on any atom is -0.494 e. The first-order chi connectivity index (χ1) is 12.0. The molecule has 1 heterocycles. The molecule has 0 aliphatic heterocycles. The number of furan rings is 1. The molecule has 1 aromatic carbocycles. The average molecular weight is 365 g/mol. The van der Waals surface area contributed by atoms with Crippen molar-refractivity contribution >= 4 is 23.4 Å². The van der Waals surface area contributed by atoms with E-state index < -0.39 is 0 Å². The minimum absolute atomic E-state index is 0.0588. The molecule has 0 atom stereocenters. The van der Waals surface area contributed by atoms with Gasteiger partial charge in [0.15, 0.2) is 0 Å². The van der Waals surface area contributed by atoms with Gasteiger partial charge < -0.3 is 19.8 Å². The topological polar surface area (TPSA) is 80.6 Å². The summed E-state index contributed by atoms with van der Waals surface area (Å²) < 4.78 is 10.7. The van der Waals surface area contributed by atoms with Crippen molar-refractivity contribution in [2.75, 3.05) is 13.2 Å². The van der Waals surface area contributed by atoms with Gasteiger partial charge in [-0.15, -0.1) is 0 Å². The molecule has 2 N–H and O–H groups in total. The third kappa shape index (κ3) is 6.89. The molecule has 25 heavy (non-hydrogen) atoms. The molecule has 0 unspecified atom stereocenters. The Hall–Kier alpha value is -2.47. The molecule has 2 amide bonds. The highest BCUT2D eigenvalue weighted by atomic mass is 35.5. The van der Waals surface area contributed by atoms with Crippen LogP contribution in [0.4, 0.5) is 0 Å². The summed E-state index contributed by atoms with van der Waals surface area (Å²) in [5.74, 6) is 0.926. The van der Waals surface area contributed by atoms with Crippen LogP contribution in [0.5, 0.6) is 5.75 Å². The lowest BCUT2D eigenvalue weighted by atomic mass is 10.2. The van der Waals surface area contributed by atoms with Crippen LogP contribution < -0.4 is 15.4 Å². The number of aryl methyl sites for hydroxylation is 1. The van der Waals surface area contributed by atoms with Crippen molar-refractivity contribution in [2.24, 2.45) is 0 Å². The SMILES string of the molecule is Cc1cc(OCCCC(=O)NCC(=O)NCc2ccco2)ccc1Cl. The van der Waals surface area contributed by atoms with E-state index in [0.717, 1.165) is 11.3 Å². The monoisotopic (exact) mass is 364 g/mol. The zero-order chi connectivity index (χ0) is 18.1. The minimum atomic E-state index is -0.266. The van der Waals surface area contributed by atoms with Gasteiger partial charge >= 0.3 is 0 Å². The number of nitrogens with one attached hydrogen (secondary N) is 2. The van der Waals surface area contributed by atoms with Crippen LogP contribution in [0.15, 0.2) is 41.0 Å². The van der Waals surface area contributed by atoms with E-state index in [0.29, 0.717) is 30.4 Å². The largest absolute Gasteiger partial charge is 0.494 e. The van der Waals surface area contributed by atoms with Crippen LogP contribution in [0.3, 0.4) is 0 Å². The molecule has 6 nitrogen and oxygen atoms in total. The van der Waals surface area contributed by atoms with Crippen LogP contribution in [-0.2, 0) is 16.1 Å². The van der Waals surface area contributed by atoms with Crippen molar-refractivity contribution in [1.29, 1.82) is 0 Å². The van der Waals surface area contributed by atoms with Gasteiger partial charge in [0.25, 0.3) is 0 Å². The second-order valence-electron chi connectivity index (χ2n) is 5.50. The smallest absolute Gasteiger partial charge is 0.239 e. The quantitative estimate of drug-likeness (QED) is 0.670. The molecular formula is C18H21ClN2O4. The van der Waals surface area contributed by atoms with Gasteiger partial charge in [-0.3, -0.25) is 9.59 Å². The standard InChI is InChI=1S/C18H21ClN2O4/c1-13-10-14(6-7-16(13)19)24-9-3-5-17(22)21-12-18(23)20-11-15-4-2-8-25-15/h2,4,6-8,10H,3,5,9,11-12H2,1H3,(H,20,23)(H,21,22). The molecular weight excluding hydrogens is 344 g/mol. The lowest BCUT2D eigenvalue weighted by Gasteiger charge is -2.08. The fourth-order valence-electron chi connectivity index (χ4n) is 2.06. The van der Waals surface area contributed by atoms with Gasteiger partial charge in [-0.05, 0) is 49.2 Å². The first kappa shape index (κ1) is 18.9. The Balaban J connectivity index is 1.55. The number of hydrogen-bond donors (Lipinski definition) is 2. The molecule has 7 heteroatoms. The number of halogens is 1. The van der Waals surface area contributed by atoms with E-state index >= 15 is 0 Å². The maximum atomic E-state index is 11.7. The Morgan fingerprint density at radius 2 is 2.04 bits per heavy atom. The summed E-state index contributed by atoms with van der Waals surface area (Å²) in [6, 6.07) is 8.93. The maximum absolute atomic E-state index is 11.7. The van der Waals surface area contributed by atoms with Crippen molar-refractivity contribution in [1.82, 2.24) is 10.6 Å². The zero-order valence-electron chi connectivity index (χ0n) is 14.0. The summed E-state index contributed by atoms with van der Waals surface area (Å²) in [5, 5.41) is 5.92. The van der Waals surface area contributed by atoms with E-state index in [2.05, 4.69) is 10.6 Å². The van der Waals surface area contributed by atoms with Gasteiger partial charge in [0.05, 0.1) is 26.0 Å². The van der Waals surface area contributed by atoms with Gasteiger partial charge in [-0.25, -0.2) is 0 Å². The Kier molecular flexibility index (Phi) is 7.35. The number of benzene rings is 1. The van der Waals surface area contributed by atoms with E-state index in [-0.39, 0.29) is 24.8 Å². The molecule has 0 spiro atoms. The molecule has 0 fully saturated rings. The van der Waals surface area contributed by atoms with Gasteiger partial charge in [-0.1, -0.05) is 11.6 Å². The molecule has 1 aromatic heterocycles. The Labute approximate surface area is 151 Å². The molecule has 2 rings (SSSR count). The number of carbonyl (C=O) groups is 2. The Bertz CT molecular complexity index is 701. The van der Waals surface area contributed by atoms with Gasteiger partial charge in [0.2, 0.25) is 11.8 Å². The average Bonchev–Trinajstić information content (AvgIpc) is 3.11. The maximum Gasteiger partial charge on any atom is 0.239 e. The first-order valence-electron chi connectivity index (χ1n) is 7.99. The lowest BCUT2D eigenvalue weighted by Crippen LogP contribution is -2.36. The highest BCUT2D eigenvalue weighted by molar-refractivity contribution is 6.31. The summed E-state index contributed by atoms with van der Waals surface area (Å²) in [6.07, 6.45) is 2.39. The van der Waals surface area contributed by atoms with E-state index in [1.54, 1.807) is 24.3 Å². The fraction of sp³-hybridized carbons (Fsp3) is 0.333. The van der Waals surface area contributed by atoms with Gasteiger partial charge in [0, 0.05) is 11.4 Å². The predicted molar refractivity (Wildman–Crippen MR) is 94.5 cm³/mol. The fourth-order valence-corrected chi connectivity index (χ4v) is 2.18. The van der Waals surface area contributed by atoms with Crippen molar-refractivity contribution < 1.29 is 18.7 Å². The van der Waals surface area contributed by atoms with E-state index in [9.17, 15) is 9.59 Å². The van der Waals surface area contributed by atoms with Crippen LogP contribution >= 0.6 is 11.6 Å². The molecule has 0 bridgehead atoms. The molecule has 134 valence electrons. The third-order valence-electron chi connectivity index (χ3n) is 3.43. The number of carbonyl (C=O) groups excluding carboxylic acids is 2. The summed E-state index contributed by atoms with van der Waals surface area (Å²) in [7, 11) is 0. The van der Waals surface area contributed by atoms with E-state index in [1.807, 2.05) is 13.0 Å². The van der Waals surface area contributed by atoms with Crippen LogP contribution in [0.1, 0.15) is 24.2 Å². The number of hydrogen-bond acceptors (Lipinski definition) is 4. The van der Waals surface area contributed by atoms with Gasteiger partial charge in [0.1, 0.15) is 11.5 Å². The summed E-state index contributed by atoms with van der Waals surface area (Å²) >= 11 is 5.95. The molecule has 0 aliphatic rings. The van der Waals surface area contributed by atoms with Crippen LogP contribution in [-0.4, -0.2) is 25.0 Å². The third-order valence-corrected chi connectivity index (χ3v) is 3.86. The Morgan fingerprint density at radius 3 is 2.76 bits per heavy atom. The predicted octanol–water partition coefficient (Wildman–Crippen LogP) is 2.83. The molecule has 0 radical (unpaired) electrons. The zero-order valence-corrected chi connectivity index (χ0v) is 14.8. The lowest BCUT2D eigenvalue weighted by molar-refractivity contribution is -0.126. The van der Waals surface area contributed by atoms with Crippen LogP contribution in [0.2, 0.25) is 5.02 Å². The number of amides is 2. The van der Waals surface area contributed by atoms with Gasteiger partial charge in [-0.2, -0.15) is 0 Å². The van der Waals surface area contributed by atoms with Crippen molar-refractivity contribution in [3.63, 3.8) is 0 Å². The first-order valence-corrected chi connectivity index (χ1v) is 8.37. The Morgan fingerprint density at radius 1 is 1.20 bits per heavy atom. The molecule has 0 saturated carbocycles. The molecule has 0 aliphatic carbocycles. The van der Waals surface area contributed by atoms with Crippen molar-refractivity contribution in [3.05, 3.63) is 52.9 Å². The molecule has 0 saturated heterocycles. The van der Waals surface area contributed by atoms with E-state index in [4.69, 9.17) is 20.8 Å². The summed E-state index contributed by atoms with van der Waals surface area (Å²) in [4.78, 5) is 23.3. The number of rotatable bonds is 9. The summed E-state index contributed by atoms with van der Waals surface area (Å²) in [5.41, 5.74) is 0.942. The van der Waals surface area contributed by atoms with Crippen molar-refractivity contribution in [2.45, 2.75) is 26.3 Å². The van der Waals surface area contributed by atoms with Crippen molar-refractivity contribution in [3.8, 4) is 5.75 Å². The van der Waals surface area contributed by atoms with Crippen LogP contribution in [0.25, 0.3) is 0 Å². The highest BCUT2D eigenvalue weighted by Gasteiger charge is 2.06. The van der Waals surface area contributed by atoms with E-state index in [1.165, 1.54) is 6.26 Å².